The Morgan fingerprint density at radius 2 is 2.17 bits per heavy atom. The van der Waals surface area contributed by atoms with Crippen LogP contribution in [-0.4, -0.2) is 35.7 Å². The van der Waals surface area contributed by atoms with Gasteiger partial charge in [0.1, 0.15) is 12.1 Å². The lowest BCUT2D eigenvalue weighted by Crippen LogP contribution is -2.54. The summed E-state index contributed by atoms with van der Waals surface area (Å²) >= 11 is 6.27. The van der Waals surface area contributed by atoms with E-state index in [0.717, 1.165) is 30.5 Å². The Hall–Kier alpha value is -2.60. The van der Waals surface area contributed by atoms with Gasteiger partial charge in [0.2, 0.25) is 5.91 Å². The van der Waals surface area contributed by atoms with Crippen LogP contribution in [0.3, 0.4) is 0 Å². The maximum atomic E-state index is 13.1. The summed E-state index contributed by atoms with van der Waals surface area (Å²) in [6.07, 6.45) is 9.45. The Bertz CT molecular complexity index is 937. The number of carbonyl (C=O) groups is 2. The maximum absolute atomic E-state index is 13.1. The van der Waals surface area contributed by atoms with Crippen LogP contribution >= 0.6 is 11.6 Å². The van der Waals surface area contributed by atoms with Crippen LogP contribution in [0.4, 0.5) is 0 Å². The smallest absolute Gasteiger partial charge is 0.273 e. The van der Waals surface area contributed by atoms with Gasteiger partial charge in [-0.2, -0.15) is 5.10 Å². The number of nitrogens with one attached hydrogen (secondary N) is 2. The Morgan fingerprint density at radius 3 is 2.93 bits per heavy atom. The molecular formula is C23H27ClN4O2. The Kier molecular flexibility index (Phi) is 6.23. The number of hydrogen-bond acceptors (Lipinski definition) is 4. The fraction of sp³-hybridized carbons (Fsp3) is 0.435. The first-order chi connectivity index (χ1) is 14.5. The molecule has 0 spiro atoms. The SMILES string of the molecule is CC1=C(Cc2ccccc2Cl)C(=O)N2N=CC(C(=O)NCCC3=CCCCC3)C2N1. The van der Waals surface area contributed by atoms with E-state index in [1.54, 1.807) is 6.21 Å². The summed E-state index contributed by atoms with van der Waals surface area (Å²) in [7, 11) is 0. The summed E-state index contributed by atoms with van der Waals surface area (Å²) in [4.78, 5) is 25.8. The minimum absolute atomic E-state index is 0.106. The second kappa shape index (κ2) is 9.04. The first kappa shape index (κ1) is 20.7. The van der Waals surface area contributed by atoms with Crippen molar-refractivity contribution < 1.29 is 9.59 Å². The Labute approximate surface area is 182 Å². The minimum atomic E-state index is -0.508. The van der Waals surface area contributed by atoms with Gasteiger partial charge in [0.05, 0.1) is 0 Å². The van der Waals surface area contributed by atoms with E-state index in [1.807, 2.05) is 31.2 Å². The topological polar surface area (TPSA) is 73.8 Å². The number of carbonyl (C=O) groups excluding carboxylic acids is 2. The van der Waals surface area contributed by atoms with Crippen LogP contribution in [0.5, 0.6) is 0 Å². The van der Waals surface area contributed by atoms with Crippen molar-refractivity contribution in [3.63, 3.8) is 0 Å². The molecule has 0 fully saturated rings. The summed E-state index contributed by atoms with van der Waals surface area (Å²) in [5.41, 5.74) is 3.69. The van der Waals surface area contributed by atoms with Gasteiger partial charge in [-0.05, 0) is 50.7 Å². The molecule has 2 N–H and O–H groups in total. The zero-order valence-electron chi connectivity index (χ0n) is 17.2. The third-order valence-corrected chi connectivity index (χ3v) is 6.37. The molecule has 2 unspecified atom stereocenters. The van der Waals surface area contributed by atoms with Crippen LogP contribution in [0.1, 0.15) is 44.6 Å². The molecule has 0 bridgehead atoms. The number of halogens is 1. The van der Waals surface area contributed by atoms with Crippen molar-refractivity contribution in [3.05, 3.63) is 57.8 Å². The molecule has 6 nitrogen and oxygen atoms in total. The van der Waals surface area contributed by atoms with Crippen molar-refractivity contribution in [2.45, 2.75) is 51.6 Å². The molecule has 2 atom stereocenters. The molecule has 4 rings (SSSR count). The highest BCUT2D eigenvalue weighted by molar-refractivity contribution is 6.31. The third kappa shape index (κ3) is 4.29. The first-order valence-corrected chi connectivity index (χ1v) is 11.0. The highest BCUT2D eigenvalue weighted by atomic mass is 35.5. The fourth-order valence-corrected chi connectivity index (χ4v) is 4.44. The highest BCUT2D eigenvalue weighted by Crippen LogP contribution is 2.28. The van der Waals surface area contributed by atoms with Crippen molar-refractivity contribution in [2.75, 3.05) is 6.54 Å². The minimum Gasteiger partial charge on any atom is -0.366 e. The van der Waals surface area contributed by atoms with E-state index in [0.29, 0.717) is 23.6 Å². The number of allylic oxidation sites excluding steroid dienone is 2. The van der Waals surface area contributed by atoms with E-state index in [4.69, 9.17) is 11.6 Å². The molecule has 2 aliphatic heterocycles. The molecule has 30 heavy (non-hydrogen) atoms. The van der Waals surface area contributed by atoms with Crippen LogP contribution in [0.25, 0.3) is 0 Å². The van der Waals surface area contributed by atoms with Crippen molar-refractivity contribution in [1.29, 1.82) is 0 Å². The normalized spacial score (nSPS) is 23.2. The highest BCUT2D eigenvalue weighted by Gasteiger charge is 2.43. The molecule has 0 saturated heterocycles. The number of rotatable bonds is 6. The molecular weight excluding hydrogens is 400 g/mol. The number of amides is 2. The number of nitrogens with zero attached hydrogens (tertiary/aromatic N) is 2. The largest absolute Gasteiger partial charge is 0.366 e. The first-order valence-electron chi connectivity index (χ1n) is 10.6. The van der Waals surface area contributed by atoms with E-state index in [2.05, 4.69) is 21.8 Å². The van der Waals surface area contributed by atoms with Gasteiger partial charge in [-0.15, -0.1) is 0 Å². The van der Waals surface area contributed by atoms with E-state index >= 15 is 0 Å². The fourth-order valence-electron chi connectivity index (χ4n) is 4.23. The second-order valence-corrected chi connectivity index (χ2v) is 8.46. The number of fused-ring (bicyclic) bond motifs is 1. The lowest BCUT2D eigenvalue weighted by atomic mass is 9.97. The van der Waals surface area contributed by atoms with Crippen LogP contribution in [0.2, 0.25) is 5.02 Å². The lowest BCUT2D eigenvalue weighted by molar-refractivity contribution is -0.133. The van der Waals surface area contributed by atoms with Crippen molar-refractivity contribution in [2.24, 2.45) is 11.0 Å². The number of hydrogen-bond donors (Lipinski definition) is 2. The van der Waals surface area contributed by atoms with Gasteiger partial charge in [0.25, 0.3) is 5.91 Å². The van der Waals surface area contributed by atoms with Crippen molar-refractivity contribution in [1.82, 2.24) is 15.6 Å². The second-order valence-electron chi connectivity index (χ2n) is 8.05. The predicted octanol–water partition coefficient (Wildman–Crippen LogP) is 3.54. The van der Waals surface area contributed by atoms with Crippen LogP contribution in [0.15, 0.2) is 52.3 Å². The zero-order valence-corrected chi connectivity index (χ0v) is 17.9. The summed E-state index contributed by atoms with van der Waals surface area (Å²) in [6.45, 7) is 2.48. The number of hydrazone groups is 1. The quantitative estimate of drug-likeness (QED) is 0.683. The van der Waals surface area contributed by atoms with Crippen LogP contribution in [0, 0.1) is 5.92 Å². The molecule has 0 aromatic heterocycles. The molecule has 0 saturated carbocycles. The van der Waals surface area contributed by atoms with Crippen molar-refractivity contribution >= 4 is 29.6 Å². The molecule has 7 heteroatoms. The van der Waals surface area contributed by atoms with E-state index in [1.165, 1.54) is 23.4 Å². The Balaban J connectivity index is 1.40. The third-order valence-electron chi connectivity index (χ3n) is 6.00. The molecule has 158 valence electrons. The van der Waals surface area contributed by atoms with E-state index < -0.39 is 12.1 Å². The van der Waals surface area contributed by atoms with E-state index in [-0.39, 0.29) is 11.8 Å². The standard InChI is InChI=1S/C23H27ClN4O2/c1-15-18(13-17-9-5-6-10-20(17)24)23(30)28-21(27-15)19(14-26-28)22(29)25-12-11-16-7-3-2-4-8-16/h5-7,9-10,14,19,21,27H,2-4,8,11-13H2,1H3,(H,25,29). The predicted molar refractivity (Wildman–Crippen MR) is 118 cm³/mol. The van der Waals surface area contributed by atoms with E-state index in [9.17, 15) is 9.59 Å². The summed E-state index contributed by atoms with van der Waals surface area (Å²) in [6, 6.07) is 7.49. The summed E-state index contributed by atoms with van der Waals surface area (Å²) in [5, 5.41) is 12.6. The molecule has 1 aromatic carbocycles. The maximum Gasteiger partial charge on any atom is 0.273 e. The molecule has 3 aliphatic rings. The lowest BCUT2D eigenvalue weighted by Gasteiger charge is -2.33. The molecule has 2 amide bonds. The monoisotopic (exact) mass is 426 g/mol. The van der Waals surface area contributed by atoms with Gasteiger partial charge in [-0.1, -0.05) is 41.4 Å². The van der Waals surface area contributed by atoms with Gasteiger partial charge in [0, 0.05) is 35.5 Å². The molecule has 1 aliphatic carbocycles. The molecule has 1 aromatic rings. The molecule has 2 heterocycles. The van der Waals surface area contributed by atoms with Gasteiger partial charge in [-0.25, -0.2) is 5.01 Å². The summed E-state index contributed by atoms with van der Waals surface area (Å²) in [5.74, 6) is -0.800. The Morgan fingerprint density at radius 1 is 1.33 bits per heavy atom. The average molecular weight is 427 g/mol. The zero-order chi connectivity index (χ0) is 21.1. The molecule has 0 radical (unpaired) electrons. The average Bonchev–Trinajstić information content (AvgIpc) is 3.17. The van der Waals surface area contributed by atoms with Crippen LogP contribution < -0.4 is 10.6 Å². The van der Waals surface area contributed by atoms with Gasteiger partial charge in [-0.3, -0.25) is 9.59 Å². The number of benzene rings is 1. The van der Waals surface area contributed by atoms with Crippen LogP contribution in [-0.2, 0) is 16.0 Å². The van der Waals surface area contributed by atoms with Crippen molar-refractivity contribution in [3.8, 4) is 0 Å². The van der Waals surface area contributed by atoms with Gasteiger partial charge in [0.15, 0.2) is 0 Å². The van der Waals surface area contributed by atoms with Gasteiger partial charge >= 0.3 is 0 Å². The van der Waals surface area contributed by atoms with Gasteiger partial charge < -0.3 is 10.6 Å². The summed E-state index contributed by atoms with van der Waals surface area (Å²) < 4.78 is 0.